The summed E-state index contributed by atoms with van der Waals surface area (Å²) in [5.41, 5.74) is 3.17. The topological polar surface area (TPSA) is 106 Å². The molecule has 0 aliphatic carbocycles. The van der Waals surface area contributed by atoms with Gasteiger partial charge in [0.15, 0.2) is 0 Å². The van der Waals surface area contributed by atoms with Crippen LogP contribution in [-0.2, 0) is 21.0 Å². The molecule has 3 amide bonds. The summed E-state index contributed by atoms with van der Waals surface area (Å²) in [5.74, 6) is -1.02. The Morgan fingerprint density at radius 3 is 2.62 bits per heavy atom. The van der Waals surface area contributed by atoms with E-state index < -0.39 is 5.92 Å². The van der Waals surface area contributed by atoms with E-state index in [2.05, 4.69) is 22.7 Å². The number of carbonyl (C=O) groups is 3. The second-order valence-electron chi connectivity index (χ2n) is 8.89. The number of amides is 3. The summed E-state index contributed by atoms with van der Waals surface area (Å²) in [6.07, 6.45) is 7.69. The van der Waals surface area contributed by atoms with E-state index in [1.54, 1.807) is 29.1 Å². The molecule has 0 saturated carbocycles. The number of nitrogens with zero attached hydrogens (tertiary/aromatic N) is 3. The molecule has 9 heteroatoms. The molecular formula is C28H35N5O4. The highest BCUT2D eigenvalue weighted by Gasteiger charge is 2.22. The number of hydrogen-bond donors (Lipinski definition) is 2. The van der Waals surface area contributed by atoms with Gasteiger partial charge in [-0.25, -0.2) is 9.75 Å². The van der Waals surface area contributed by atoms with Crippen molar-refractivity contribution in [3.63, 3.8) is 0 Å². The van der Waals surface area contributed by atoms with E-state index in [0.29, 0.717) is 18.4 Å². The van der Waals surface area contributed by atoms with E-state index in [9.17, 15) is 14.4 Å². The molecule has 37 heavy (non-hydrogen) atoms. The number of hydroxylamine groups is 2. The lowest BCUT2D eigenvalue weighted by Gasteiger charge is -2.23. The van der Waals surface area contributed by atoms with Gasteiger partial charge in [-0.2, -0.15) is 5.10 Å². The van der Waals surface area contributed by atoms with Crippen LogP contribution in [0.4, 0.5) is 0 Å². The standard InChI is InChI=1S/C28H35N5O4/c1-3-4-6-12-25(18-32(21-34)37-19-23-10-7-5-8-11-23)28(36)30-20-29-27(35)24-13-9-14-26(15-24)33-17-22(2)16-31-33/h5,7-11,13-17,21,25H,3-4,6,12,18-20H2,1-2H3,(H,29,35)(H,30,36)/t25-/m1/s1. The fraction of sp³-hybridized carbons (Fsp3) is 0.357. The van der Waals surface area contributed by atoms with Gasteiger partial charge in [-0.15, -0.1) is 0 Å². The van der Waals surface area contributed by atoms with Gasteiger partial charge in [0.2, 0.25) is 12.3 Å². The van der Waals surface area contributed by atoms with Gasteiger partial charge < -0.3 is 10.6 Å². The zero-order chi connectivity index (χ0) is 26.5. The Kier molecular flexibility index (Phi) is 10.9. The molecule has 0 unspecified atom stereocenters. The van der Waals surface area contributed by atoms with Gasteiger partial charge in [0.05, 0.1) is 31.0 Å². The maximum Gasteiger partial charge on any atom is 0.252 e. The van der Waals surface area contributed by atoms with Gasteiger partial charge in [0.25, 0.3) is 5.91 Å². The lowest BCUT2D eigenvalue weighted by molar-refractivity contribution is -0.182. The molecule has 2 aromatic carbocycles. The quantitative estimate of drug-likeness (QED) is 0.142. The van der Waals surface area contributed by atoms with Crippen LogP contribution < -0.4 is 10.6 Å². The fourth-order valence-electron chi connectivity index (χ4n) is 3.82. The van der Waals surface area contributed by atoms with Crippen molar-refractivity contribution in [2.75, 3.05) is 13.2 Å². The first-order valence-electron chi connectivity index (χ1n) is 12.6. The minimum Gasteiger partial charge on any atom is -0.338 e. The predicted octanol–water partition coefficient (Wildman–Crippen LogP) is 3.77. The van der Waals surface area contributed by atoms with Gasteiger partial charge >= 0.3 is 0 Å². The summed E-state index contributed by atoms with van der Waals surface area (Å²) in [6.45, 7) is 4.37. The number of unbranched alkanes of at least 4 members (excludes halogenated alkanes) is 2. The van der Waals surface area contributed by atoms with Crippen molar-refractivity contribution in [3.8, 4) is 5.69 Å². The molecule has 2 N–H and O–H groups in total. The van der Waals surface area contributed by atoms with E-state index in [1.165, 1.54) is 5.06 Å². The highest BCUT2D eigenvalue weighted by molar-refractivity contribution is 5.94. The predicted molar refractivity (Wildman–Crippen MR) is 140 cm³/mol. The van der Waals surface area contributed by atoms with Crippen LogP contribution in [0.5, 0.6) is 0 Å². The average molecular weight is 506 g/mol. The molecule has 1 aromatic heterocycles. The smallest absolute Gasteiger partial charge is 0.252 e. The zero-order valence-electron chi connectivity index (χ0n) is 21.4. The number of rotatable bonds is 15. The average Bonchev–Trinajstić information content (AvgIpc) is 3.37. The molecule has 3 aromatic rings. The Morgan fingerprint density at radius 1 is 1.11 bits per heavy atom. The van der Waals surface area contributed by atoms with Gasteiger partial charge in [-0.05, 0) is 42.7 Å². The largest absolute Gasteiger partial charge is 0.338 e. The van der Waals surface area contributed by atoms with Crippen LogP contribution in [0.25, 0.3) is 5.69 Å². The van der Waals surface area contributed by atoms with E-state index in [4.69, 9.17) is 4.84 Å². The summed E-state index contributed by atoms with van der Waals surface area (Å²) in [6, 6.07) is 16.6. The van der Waals surface area contributed by atoms with Crippen LogP contribution in [-0.4, -0.2) is 46.3 Å². The normalized spacial score (nSPS) is 11.5. The Morgan fingerprint density at radius 2 is 1.92 bits per heavy atom. The van der Waals surface area contributed by atoms with Crippen LogP contribution in [0.3, 0.4) is 0 Å². The molecular weight excluding hydrogens is 470 g/mol. The third kappa shape index (κ3) is 8.88. The molecule has 9 nitrogen and oxygen atoms in total. The number of carbonyl (C=O) groups excluding carboxylic acids is 3. The summed E-state index contributed by atoms with van der Waals surface area (Å²) < 4.78 is 1.70. The van der Waals surface area contributed by atoms with Crippen LogP contribution >= 0.6 is 0 Å². The minimum atomic E-state index is -0.462. The molecule has 1 heterocycles. The maximum absolute atomic E-state index is 13.0. The number of aromatic nitrogens is 2. The molecule has 0 radical (unpaired) electrons. The van der Waals surface area contributed by atoms with Crippen molar-refractivity contribution in [1.82, 2.24) is 25.5 Å². The molecule has 0 bridgehead atoms. The summed E-state index contributed by atoms with van der Waals surface area (Å²) in [7, 11) is 0. The monoisotopic (exact) mass is 505 g/mol. The summed E-state index contributed by atoms with van der Waals surface area (Å²) in [5, 5.41) is 11.0. The first-order chi connectivity index (χ1) is 18.0. The van der Waals surface area contributed by atoms with Crippen LogP contribution in [0, 0.1) is 12.8 Å². The third-order valence-electron chi connectivity index (χ3n) is 5.88. The van der Waals surface area contributed by atoms with Gasteiger partial charge in [0.1, 0.15) is 6.61 Å². The van der Waals surface area contributed by atoms with Crippen molar-refractivity contribution >= 4 is 18.2 Å². The SMILES string of the molecule is CCCCC[C@H](CN(C=O)OCc1ccccc1)C(=O)NCNC(=O)c1cccc(-n2cc(C)cn2)c1. The molecule has 0 fully saturated rings. The fourth-order valence-corrected chi connectivity index (χ4v) is 3.82. The van der Waals surface area contributed by atoms with E-state index in [1.807, 2.05) is 49.5 Å². The van der Waals surface area contributed by atoms with E-state index in [-0.39, 0.29) is 31.6 Å². The highest BCUT2D eigenvalue weighted by atomic mass is 16.7. The number of hydrogen-bond acceptors (Lipinski definition) is 5. The Bertz CT molecular complexity index is 1150. The number of aryl methyl sites for hydroxylation is 1. The molecule has 1 atom stereocenters. The molecule has 0 aliphatic rings. The first-order valence-corrected chi connectivity index (χ1v) is 12.6. The number of nitrogens with one attached hydrogen (secondary N) is 2. The third-order valence-corrected chi connectivity index (χ3v) is 5.88. The van der Waals surface area contributed by atoms with E-state index in [0.717, 1.165) is 36.1 Å². The zero-order valence-corrected chi connectivity index (χ0v) is 21.4. The molecule has 3 rings (SSSR count). The number of benzene rings is 2. The maximum atomic E-state index is 13.0. The van der Waals surface area contributed by atoms with Crippen molar-refractivity contribution in [2.24, 2.45) is 5.92 Å². The first kappa shape index (κ1) is 27.6. The van der Waals surface area contributed by atoms with Crippen LogP contribution in [0.2, 0.25) is 0 Å². The van der Waals surface area contributed by atoms with Gasteiger partial charge in [-0.3, -0.25) is 19.2 Å². The molecule has 196 valence electrons. The van der Waals surface area contributed by atoms with Crippen molar-refractivity contribution < 1.29 is 19.2 Å². The lowest BCUT2D eigenvalue weighted by atomic mass is 10.0. The molecule has 0 aliphatic heterocycles. The summed E-state index contributed by atoms with van der Waals surface area (Å²) >= 11 is 0. The Labute approximate surface area is 217 Å². The van der Waals surface area contributed by atoms with Crippen molar-refractivity contribution in [3.05, 3.63) is 83.7 Å². The summed E-state index contributed by atoms with van der Waals surface area (Å²) in [4.78, 5) is 42.9. The van der Waals surface area contributed by atoms with Crippen molar-refractivity contribution in [1.29, 1.82) is 0 Å². The van der Waals surface area contributed by atoms with E-state index >= 15 is 0 Å². The van der Waals surface area contributed by atoms with Gasteiger partial charge in [0, 0.05) is 11.8 Å². The molecule has 0 spiro atoms. The Balaban J connectivity index is 1.53. The van der Waals surface area contributed by atoms with Crippen LogP contribution in [0.1, 0.15) is 54.1 Å². The van der Waals surface area contributed by atoms with Crippen molar-refractivity contribution in [2.45, 2.75) is 46.1 Å². The molecule has 0 saturated heterocycles. The lowest BCUT2D eigenvalue weighted by Crippen LogP contribution is -2.43. The van der Waals surface area contributed by atoms with Crippen LogP contribution in [0.15, 0.2) is 67.0 Å². The Hall–Kier alpha value is -3.98. The highest BCUT2D eigenvalue weighted by Crippen LogP contribution is 2.14. The minimum absolute atomic E-state index is 0.0288. The second kappa shape index (κ2) is 14.5. The van der Waals surface area contributed by atoms with Gasteiger partial charge in [-0.1, -0.05) is 62.6 Å². The second-order valence-corrected chi connectivity index (χ2v) is 8.89.